The maximum Gasteiger partial charge on any atom is 0.267 e. The zero-order valence-electron chi connectivity index (χ0n) is 19.1. The third kappa shape index (κ3) is 3.43. The summed E-state index contributed by atoms with van der Waals surface area (Å²) in [6.07, 6.45) is 2.96. The predicted molar refractivity (Wildman–Crippen MR) is 135 cm³/mol. The number of benzene rings is 2. The number of rotatable bonds is 3. The van der Waals surface area contributed by atoms with Crippen LogP contribution in [0, 0.1) is 23.7 Å². The summed E-state index contributed by atoms with van der Waals surface area (Å²) in [5.74, 6) is 1.20. The van der Waals surface area contributed by atoms with Gasteiger partial charge in [0.25, 0.3) is 5.56 Å². The topological polar surface area (TPSA) is 114 Å². The van der Waals surface area contributed by atoms with E-state index in [4.69, 9.17) is 22.3 Å². The molecule has 2 aliphatic rings. The van der Waals surface area contributed by atoms with Gasteiger partial charge in [-0.15, -0.1) is 0 Å². The zero-order chi connectivity index (χ0) is 24.3. The second-order valence-electron chi connectivity index (χ2n) is 9.41. The van der Waals surface area contributed by atoms with Gasteiger partial charge in [-0.05, 0) is 55.9 Å². The number of hydrogen-bond donors (Lipinski definition) is 1. The van der Waals surface area contributed by atoms with Crippen molar-refractivity contribution >= 4 is 34.3 Å². The van der Waals surface area contributed by atoms with Gasteiger partial charge >= 0.3 is 0 Å². The molecule has 174 valence electrons. The van der Waals surface area contributed by atoms with E-state index in [1.807, 2.05) is 30.3 Å². The molecule has 0 bridgehead atoms. The van der Waals surface area contributed by atoms with E-state index in [1.165, 1.54) is 0 Å². The molecule has 35 heavy (non-hydrogen) atoms. The van der Waals surface area contributed by atoms with Crippen LogP contribution in [0.1, 0.15) is 42.4 Å². The van der Waals surface area contributed by atoms with Crippen LogP contribution in [0.3, 0.4) is 0 Å². The average Bonchev–Trinajstić information content (AvgIpc) is 3.49. The maximum atomic E-state index is 13.9. The van der Waals surface area contributed by atoms with E-state index >= 15 is 0 Å². The number of nitrogens with two attached hydrogens (primary N) is 1. The third-order valence-electron chi connectivity index (χ3n) is 7.12. The Kier molecular flexibility index (Phi) is 4.80. The van der Waals surface area contributed by atoms with Crippen LogP contribution in [-0.2, 0) is 0 Å². The SMILES string of the molecule is Cc1nc(N)nc(N2CC3(CC3)C[C@H]2c2nc3cccc(Cl)c3c(=O)n2-c2ccccc2)c1C#N. The van der Waals surface area contributed by atoms with Crippen LogP contribution >= 0.6 is 11.6 Å². The van der Waals surface area contributed by atoms with Gasteiger partial charge in [0.2, 0.25) is 5.95 Å². The molecule has 1 saturated heterocycles. The van der Waals surface area contributed by atoms with Crippen molar-refractivity contribution in [3.05, 3.63) is 81.0 Å². The van der Waals surface area contributed by atoms with E-state index in [9.17, 15) is 10.1 Å². The molecule has 1 aliphatic carbocycles. The Labute approximate surface area is 206 Å². The first kappa shape index (κ1) is 21.6. The molecule has 1 atom stereocenters. The molecule has 0 unspecified atom stereocenters. The summed E-state index contributed by atoms with van der Waals surface area (Å²) >= 11 is 6.46. The molecule has 2 N–H and O–H groups in total. The molecular weight excluding hydrogens is 462 g/mol. The Bertz CT molecular complexity index is 1590. The number of hydrogen-bond acceptors (Lipinski definition) is 7. The number of para-hydroxylation sites is 1. The first-order chi connectivity index (χ1) is 16.9. The highest BCUT2D eigenvalue weighted by Gasteiger charge is 2.54. The van der Waals surface area contributed by atoms with Crippen LogP contribution in [0.2, 0.25) is 5.02 Å². The smallest absolute Gasteiger partial charge is 0.267 e. The van der Waals surface area contributed by atoms with Gasteiger partial charge in [0.1, 0.15) is 17.5 Å². The van der Waals surface area contributed by atoms with Crippen molar-refractivity contribution in [1.82, 2.24) is 19.5 Å². The summed E-state index contributed by atoms with van der Waals surface area (Å²) in [4.78, 5) is 29.7. The van der Waals surface area contributed by atoms with Crippen LogP contribution in [0.15, 0.2) is 53.3 Å². The molecule has 4 aromatic rings. The molecule has 9 heteroatoms. The zero-order valence-corrected chi connectivity index (χ0v) is 19.8. The number of halogens is 1. The van der Waals surface area contributed by atoms with Gasteiger partial charge in [0.15, 0.2) is 5.82 Å². The van der Waals surface area contributed by atoms with E-state index in [2.05, 4.69) is 20.9 Å². The highest BCUT2D eigenvalue weighted by atomic mass is 35.5. The van der Waals surface area contributed by atoms with Crippen molar-refractivity contribution in [2.24, 2.45) is 5.41 Å². The van der Waals surface area contributed by atoms with Crippen LogP contribution in [0.25, 0.3) is 16.6 Å². The van der Waals surface area contributed by atoms with Gasteiger partial charge in [0.05, 0.1) is 33.3 Å². The van der Waals surface area contributed by atoms with Crippen LogP contribution in [0.5, 0.6) is 0 Å². The van der Waals surface area contributed by atoms with Gasteiger partial charge in [-0.25, -0.2) is 9.97 Å². The lowest BCUT2D eigenvalue weighted by Gasteiger charge is -2.28. The van der Waals surface area contributed by atoms with Crippen molar-refractivity contribution in [2.45, 2.75) is 32.2 Å². The highest BCUT2D eigenvalue weighted by Crippen LogP contribution is 2.59. The minimum Gasteiger partial charge on any atom is -0.368 e. The van der Waals surface area contributed by atoms with Gasteiger partial charge in [0, 0.05) is 6.54 Å². The fourth-order valence-corrected chi connectivity index (χ4v) is 5.47. The van der Waals surface area contributed by atoms with Crippen molar-refractivity contribution in [3.8, 4) is 11.8 Å². The summed E-state index contributed by atoms with van der Waals surface area (Å²) in [5, 5.41) is 10.7. The number of nitriles is 1. The van der Waals surface area contributed by atoms with Gasteiger partial charge in [-0.1, -0.05) is 35.9 Å². The predicted octanol–water partition coefficient (Wildman–Crippen LogP) is 4.32. The normalized spacial score (nSPS) is 18.2. The molecule has 2 aromatic carbocycles. The average molecular weight is 484 g/mol. The van der Waals surface area contributed by atoms with Crippen molar-refractivity contribution in [2.75, 3.05) is 17.2 Å². The quantitative estimate of drug-likeness (QED) is 0.461. The third-order valence-corrected chi connectivity index (χ3v) is 7.44. The summed E-state index contributed by atoms with van der Waals surface area (Å²) in [6.45, 7) is 2.47. The molecule has 1 saturated carbocycles. The van der Waals surface area contributed by atoms with Gasteiger partial charge < -0.3 is 10.6 Å². The monoisotopic (exact) mass is 483 g/mol. The molecule has 6 rings (SSSR count). The fourth-order valence-electron chi connectivity index (χ4n) is 5.22. The molecule has 2 aromatic heterocycles. The molecule has 3 heterocycles. The van der Waals surface area contributed by atoms with Gasteiger partial charge in [-0.3, -0.25) is 9.36 Å². The Morgan fingerprint density at radius 3 is 2.60 bits per heavy atom. The second-order valence-corrected chi connectivity index (χ2v) is 9.81. The Morgan fingerprint density at radius 1 is 1.11 bits per heavy atom. The van der Waals surface area contributed by atoms with Crippen LogP contribution < -0.4 is 16.2 Å². The molecule has 1 aliphatic heterocycles. The Morgan fingerprint density at radius 2 is 1.89 bits per heavy atom. The summed E-state index contributed by atoms with van der Waals surface area (Å²) < 4.78 is 1.65. The molecule has 0 radical (unpaired) electrons. The standard InChI is InChI=1S/C26H22ClN7O/c1-15-17(13-28)22(32-25(29)30-15)33-14-26(10-11-26)12-20(33)23-31-19-9-5-8-18(27)21(19)24(35)34(23)16-6-3-2-4-7-16/h2-9,20H,10-12,14H2,1H3,(H2,29,30,32)/t20-/m0/s1. The Balaban J connectivity index is 1.64. The maximum absolute atomic E-state index is 13.9. The van der Waals surface area contributed by atoms with Gasteiger partial charge in [-0.2, -0.15) is 10.2 Å². The minimum absolute atomic E-state index is 0.105. The summed E-state index contributed by atoms with van der Waals surface area (Å²) in [7, 11) is 0. The van der Waals surface area contributed by atoms with Crippen LogP contribution in [-0.4, -0.2) is 26.1 Å². The van der Waals surface area contributed by atoms with E-state index < -0.39 is 0 Å². The van der Waals surface area contributed by atoms with E-state index in [0.717, 1.165) is 19.3 Å². The van der Waals surface area contributed by atoms with Crippen molar-refractivity contribution in [1.29, 1.82) is 5.26 Å². The van der Waals surface area contributed by atoms with E-state index in [-0.39, 0.29) is 23.0 Å². The molecule has 0 amide bonds. The number of aromatic nitrogens is 4. The summed E-state index contributed by atoms with van der Waals surface area (Å²) in [6, 6.07) is 16.7. The fraction of sp³-hybridized carbons (Fsp3) is 0.269. The lowest BCUT2D eigenvalue weighted by atomic mass is 10.0. The minimum atomic E-state index is -0.283. The van der Waals surface area contributed by atoms with E-state index in [1.54, 1.807) is 29.7 Å². The van der Waals surface area contributed by atoms with Crippen LogP contribution in [0.4, 0.5) is 11.8 Å². The first-order valence-corrected chi connectivity index (χ1v) is 11.9. The number of fused-ring (bicyclic) bond motifs is 1. The summed E-state index contributed by atoms with van der Waals surface area (Å²) in [5.41, 5.74) is 8.06. The second kappa shape index (κ2) is 7.79. The number of aryl methyl sites for hydroxylation is 1. The first-order valence-electron chi connectivity index (χ1n) is 11.5. The number of nitrogens with zero attached hydrogens (tertiary/aromatic N) is 6. The molecule has 2 fully saturated rings. The highest BCUT2D eigenvalue weighted by molar-refractivity contribution is 6.35. The van der Waals surface area contributed by atoms with E-state index in [0.29, 0.717) is 51.1 Å². The number of nitrogen functional groups attached to an aromatic ring is 1. The largest absolute Gasteiger partial charge is 0.368 e. The molecular formula is C26H22ClN7O. The Hall–Kier alpha value is -3.96. The molecule has 8 nitrogen and oxygen atoms in total. The van der Waals surface area contributed by atoms with Crippen molar-refractivity contribution < 1.29 is 0 Å². The van der Waals surface area contributed by atoms with Crippen molar-refractivity contribution in [3.63, 3.8) is 0 Å². The lowest BCUT2D eigenvalue weighted by molar-refractivity contribution is 0.536. The number of anilines is 2. The lowest BCUT2D eigenvalue weighted by Crippen LogP contribution is -2.33. The molecule has 1 spiro atoms.